The van der Waals surface area contributed by atoms with E-state index in [2.05, 4.69) is 25.7 Å². The number of H-pyrrole nitrogens is 1. The SMILES string of the molecule is Cc1ccc(/C=N/NC(=O)c2n[nH]c3c2CCCC3)cn1. The highest BCUT2D eigenvalue weighted by Gasteiger charge is 2.21. The van der Waals surface area contributed by atoms with Gasteiger partial charge in [0.2, 0.25) is 0 Å². The van der Waals surface area contributed by atoms with Gasteiger partial charge in [0.25, 0.3) is 5.91 Å². The second kappa shape index (κ2) is 5.87. The number of aromatic amines is 1. The van der Waals surface area contributed by atoms with Crippen molar-refractivity contribution in [3.8, 4) is 0 Å². The molecule has 2 aromatic rings. The second-order valence-electron chi connectivity index (χ2n) is 5.17. The molecule has 0 radical (unpaired) electrons. The van der Waals surface area contributed by atoms with E-state index < -0.39 is 0 Å². The van der Waals surface area contributed by atoms with Crippen LogP contribution in [0.2, 0.25) is 0 Å². The smallest absolute Gasteiger partial charge is 0.281 e. The molecule has 0 bridgehead atoms. The van der Waals surface area contributed by atoms with Gasteiger partial charge < -0.3 is 0 Å². The molecule has 0 atom stereocenters. The van der Waals surface area contributed by atoms with Gasteiger partial charge >= 0.3 is 0 Å². The largest absolute Gasteiger partial charge is 0.292 e. The summed E-state index contributed by atoms with van der Waals surface area (Å²) in [5.74, 6) is -0.272. The van der Waals surface area contributed by atoms with Crippen LogP contribution in [0.25, 0.3) is 0 Å². The number of hydrazone groups is 1. The molecule has 1 amide bonds. The molecule has 3 rings (SSSR count). The third kappa shape index (κ3) is 2.99. The standard InChI is InChI=1S/C15H17N5O/c1-10-6-7-11(8-16-10)9-17-20-15(21)14-12-4-2-3-5-13(12)18-19-14/h6-9H,2-5H2,1H3,(H,18,19)(H,20,21)/b17-9+. The van der Waals surface area contributed by atoms with E-state index >= 15 is 0 Å². The maximum absolute atomic E-state index is 12.1. The first-order valence-electron chi connectivity index (χ1n) is 7.06. The van der Waals surface area contributed by atoms with Crippen LogP contribution in [0, 0.1) is 6.92 Å². The van der Waals surface area contributed by atoms with Crippen LogP contribution in [-0.2, 0) is 12.8 Å². The molecule has 0 saturated heterocycles. The summed E-state index contributed by atoms with van der Waals surface area (Å²) in [5.41, 5.74) is 6.88. The Kier molecular flexibility index (Phi) is 3.77. The molecule has 0 saturated carbocycles. The van der Waals surface area contributed by atoms with Gasteiger partial charge in [-0.3, -0.25) is 14.9 Å². The zero-order chi connectivity index (χ0) is 14.7. The molecule has 2 N–H and O–H groups in total. The molecule has 108 valence electrons. The third-order valence-electron chi connectivity index (χ3n) is 3.59. The lowest BCUT2D eigenvalue weighted by Crippen LogP contribution is -2.20. The number of carbonyl (C=O) groups is 1. The number of amides is 1. The van der Waals surface area contributed by atoms with Gasteiger partial charge in [-0.2, -0.15) is 10.2 Å². The Morgan fingerprint density at radius 3 is 3.05 bits per heavy atom. The van der Waals surface area contributed by atoms with E-state index in [0.717, 1.165) is 48.2 Å². The maximum Gasteiger partial charge on any atom is 0.292 e. The van der Waals surface area contributed by atoms with Gasteiger partial charge in [0.05, 0.1) is 6.21 Å². The van der Waals surface area contributed by atoms with Gasteiger partial charge in [0, 0.05) is 28.7 Å². The van der Waals surface area contributed by atoms with Crippen LogP contribution < -0.4 is 5.43 Å². The van der Waals surface area contributed by atoms with Crippen LogP contribution in [0.5, 0.6) is 0 Å². The summed E-state index contributed by atoms with van der Waals surface area (Å²) in [6.45, 7) is 1.92. The molecule has 6 heteroatoms. The molecule has 0 aromatic carbocycles. The topological polar surface area (TPSA) is 83.0 Å². The van der Waals surface area contributed by atoms with Crippen LogP contribution in [0.4, 0.5) is 0 Å². The summed E-state index contributed by atoms with van der Waals surface area (Å²) >= 11 is 0. The highest BCUT2D eigenvalue weighted by molar-refractivity contribution is 5.94. The Morgan fingerprint density at radius 2 is 2.24 bits per heavy atom. The Labute approximate surface area is 122 Å². The molecule has 1 aliphatic carbocycles. The molecule has 21 heavy (non-hydrogen) atoms. The van der Waals surface area contributed by atoms with Crippen LogP contribution in [0.3, 0.4) is 0 Å². The van der Waals surface area contributed by atoms with Crippen LogP contribution in [0.1, 0.15) is 45.8 Å². The highest BCUT2D eigenvalue weighted by Crippen LogP contribution is 2.21. The molecule has 0 unspecified atom stereocenters. The molecule has 1 aliphatic rings. The average molecular weight is 283 g/mol. The fourth-order valence-corrected chi connectivity index (χ4v) is 2.44. The van der Waals surface area contributed by atoms with E-state index in [1.807, 2.05) is 19.1 Å². The average Bonchev–Trinajstić information content (AvgIpc) is 2.93. The van der Waals surface area contributed by atoms with Gasteiger partial charge in [-0.1, -0.05) is 6.07 Å². The number of nitrogens with zero attached hydrogens (tertiary/aromatic N) is 3. The number of aromatic nitrogens is 3. The number of fused-ring (bicyclic) bond motifs is 1. The number of nitrogens with one attached hydrogen (secondary N) is 2. The zero-order valence-electron chi connectivity index (χ0n) is 11.9. The molecule has 2 heterocycles. The fourth-order valence-electron chi connectivity index (χ4n) is 2.44. The summed E-state index contributed by atoms with van der Waals surface area (Å²) < 4.78 is 0. The van der Waals surface area contributed by atoms with E-state index in [1.165, 1.54) is 0 Å². The summed E-state index contributed by atoms with van der Waals surface area (Å²) in [6.07, 6.45) is 7.40. The number of aryl methyl sites for hydroxylation is 2. The number of hydrogen-bond acceptors (Lipinski definition) is 4. The number of rotatable bonds is 3. The minimum atomic E-state index is -0.272. The number of hydrogen-bond donors (Lipinski definition) is 2. The molecule has 6 nitrogen and oxygen atoms in total. The summed E-state index contributed by atoms with van der Waals surface area (Å²) in [4.78, 5) is 16.3. The van der Waals surface area contributed by atoms with Crippen molar-refractivity contribution in [2.75, 3.05) is 0 Å². The summed E-state index contributed by atoms with van der Waals surface area (Å²) in [7, 11) is 0. The van der Waals surface area contributed by atoms with Crippen molar-refractivity contribution in [1.82, 2.24) is 20.6 Å². The van der Waals surface area contributed by atoms with Crippen molar-refractivity contribution < 1.29 is 4.79 Å². The first-order valence-corrected chi connectivity index (χ1v) is 7.06. The lowest BCUT2D eigenvalue weighted by molar-refractivity contribution is 0.0949. The number of carbonyl (C=O) groups excluding carboxylic acids is 1. The van der Waals surface area contributed by atoms with Gasteiger partial charge in [0.15, 0.2) is 5.69 Å². The van der Waals surface area contributed by atoms with Gasteiger partial charge in [0.1, 0.15) is 0 Å². The molecular weight excluding hydrogens is 266 g/mol. The lowest BCUT2D eigenvalue weighted by atomic mass is 9.96. The predicted molar refractivity (Wildman–Crippen MR) is 79.3 cm³/mol. The van der Waals surface area contributed by atoms with Crippen molar-refractivity contribution in [3.63, 3.8) is 0 Å². The van der Waals surface area contributed by atoms with Crippen LogP contribution in [-0.4, -0.2) is 27.3 Å². The Balaban J connectivity index is 1.66. The van der Waals surface area contributed by atoms with Crippen molar-refractivity contribution in [3.05, 3.63) is 46.5 Å². The van der Waals surface area contributed by atoms with Crippen molar-refractivity contribution in [1.29, 1.82) is 0 Å². The molecule has 0 aliphatic heterocycles. The van der Waals surface area contributed by atoms with E-state index in [0.29, 0.717) is 5.69 Å². The molecule has 2 aromatic heterocycles. The lowest BCUT2D eigenvalue weighted by Gasteiger charge is -2.10. The van der Waals surface area contributed by atoms with Gasteiger partial charge in [-0.25, -0.2) is 5.43 Å². The molecule has 0 spiro atoms. The summed E-state index contributed by atoms with van der Waals surface area (Å²) in [5, 5.41) is 11.0. The minimum absolute atomic E-state index is 0.272. The minimum Gasteiger partial charge on any atom is -0.281 e. The fraction of sp³-hybridized carbons (Fsp3) is 0.333. The molecule has 0 fully saturated rings. The Morgan fingerprint density at radius 1 is 1.38 bits per heavy atom. The van der Waals surface area contributed by atoms with Crippen molar-refractivity contribution in [2.24, 2.45) is 5.10 Å². The van der Waals surface area contributed by atoms with E-state index in [1.54, 1.807) is 12.4 Å². The first-order chi connectivity index (χ1) is 10.2. The maximum atomic E-state index is 12.1. The Hall–Kier alpha value is -2.50. The van der Waals surface area contributed by atoms with E-state index in [9.17, 15) is 4.79 Å². The van der Waals surface area contributed by atoms with Crippen molar-refractivity contribution >= 4 is 12.1 Å². The van der Waals surface area contributed by atoms with Crippen LogP contribution >= 0.6 is 0 Å². The molecular formula is C15H17N5O. The van der Waals surface area contributed by atoms with E-state index in [-0.39, 0.29) is 5.91 Å². The van der Waals surface area contributed by atoms with Crippen molar-refractivity contribution in [2.45, 2.75) is 32.6 Å². The normalized spacial score (nSPS) is 14.1. The van der Waals surface area contributed by atoms with Crippen LogP contribution in [0.15, 0.2) is 23.4 Å². The van der Waals surface area contributed by atoms with Gasteiger partial charge in [-0.05, 0) is 38.7 Å². The Bertz CT molecular complexity index is 672. The zero-order valence-corrected chi connectivity index (χ0v) is 11.9. The van der Waals surface area contributed by atoms with E-state index in [4.69, 9.17) is 0 Å². The summed E-state index contributed by atoms with van der Waals surface area (Å²) in [6, 6.07) is 3.79. The quantitative estimate of drug-likeness (QED) is 0.665. The second-order valence-corrected chi connectivity index (χ2v) is 5.17. The number of pyridine rings is 1. The third-order valence-corrected chi connectivity index (χ3v) is 3.59. The van der Waals surface area contributed by atoms with Gasteiger partial charge in [-0.15, -0.1) is 0 Å². The first kappa shape index (κ1) is 13.5. The monoisotopic (exact) mass is 283 g/mol. The predicted octanol–water partition coefficient (Wildman–Crippen LogP) is 1.76. The highest BCUT2D eigenvalue weighted by atomic mass is 16.2.